The van der Waals surface area contributed by atoms with E-state index in [0.717, 1.165) is 5.56 Å². The number of rotatable bonds is 7. The summed E-state index contributed by atoms with van der Waals surface area (Å²) < 4.78 is 85.3. The Kier molecular flexibility index (Phi) is 7.72. The Balaban J connectivity index is 1.86. The van der Waals surface area contributed by atoms with E-state index in [0.29, 0.717) is 31.5 Å². The van der Waals surface area contributed by atoms with Gasteiger partial charge in [-0.2, -0.15) is 31.2 Å². The van der Waals surface area contributed by atoms with Crippen molar-refractivity contribution in [3.8, 4) is 0 Å². The highest BCUT2D eigenvalue weighted by atomic mass is 19.4. The van der Waals surface area contributed by atoms with Crippen LogP contribution in [-0.2, 0) is 22.6 Å². The predicted molar refractivity (Wildman–Crippen MR) is 115 cm³/mol. The second-order valence-corrected chi connectivity index (χ2v) is 8.77. The van der Waals surface area contributed by atoms with Gasteiger partial charge in [0.1, 0.15) is 0 Å². The third-order valence-corrected chi connectivity index (χ3v) is 6.48. The van der Waals surface area contributed by atoms with E-state index in [1.165, 1.54) is 6.92 Å². The fourth-order valence-electron chi connectivity index (χ4n) is 4.23. The van der Waals surface area contributed by atoms with Gasteiger partial charge in [-0.05, 0) is 61.9 Å². The minimum Gasteiger partial charge on any atom is -0.372 e. The van der Waals surface area contributed by atoms with E-state index < -0.39 is 35.1 Å². The molecule has 1 aliphatic heterocycles. The van der Waals surface area contributed by atoms with Crippen molar-refractivity contribution >= 4 is 0 Å². The molecule has 186 valence electrons. The average Bonchev–Trinajstić information content (AvgIpc) is 2.81. The molecule has 4 atom stereocenters. The Hall–Kier alpha value is -2.46. The van der Waals surface area contributed by atoms with Crippen LogP contribution in [0.15, 0.2) is 53.7 Å². The lowest BCUT2D eigenvalue weighted by Crippen LogP contribution is -2.53. The Morgan fingerprint density at radius 1 is 1.03 bits per heavy atom. The quantitative estimate of drug-likeness (QED) is 0.343. The molecule has 0 radical (unpaired) electrons. The molecule has 2 unspecified atom stereocenters. The number of ether oxygens (including phenoxy) is 1. The predicted octanol–water partition coefficient (Wildman–Crippen LogP) is 6.85. The Morgan fingerprint density at radius 2 is 1.62 bits per heavy atom. The third-order valence-electron chi connectivity index (χ3n) is 6.48. The Morgan fingerprint density at radius 3 is 2.09 bits per heavy atom. The van der Waals surface area contributed by atoms with Gasteiger partial charge in [0, 0.05) is 6.54 Å². The minimum absolute atomic E-state index is 0.0181. The van der Waals surface area contributed by atoms with Crippen LogP contribution < -0.4 is 5.32 Å². The summed E-state index contributed by atoms with van der Waals surface area (Å²) in [4.78, 5) is 10.9. The summed E-state index contributed by atoms with van der Waals surface area (Å²) in [5.74, 6) is 0.0181. The Labute approximate surface area is 193 Å². The van der Waals surface area contributed by atoms with Crippen molar-refractivity contribution in [3.63, 3.8) is 0 Å². The molecule has 4 nitrogen and oxygen atoms in total. The topological polar surface area (TPSA) is 50.7 Å². The molecule has 0 aromatic heterocycles. The zero-order chi connectivity index (χ0) is 25.1. The first-order valence-corrected chi connectivity index (χ1v) is 10.9. The van der Waals surface area contributed by atoms with E-state index in [9.17, 15) is 31.2 Å². The molecule has 1 saturated heterocycles. The smallest absolute Gasteiger partial charge is 0.372 e. The molecule has 1 aliphatic rings. The summed E-state index contributed by atoms with van der Waals surface area (Å²) in [6.45, 7) is 3.66. The molecule has 0 saturated carbocycles. The second-order valence-electron chi connectivity index (χ2n) is 8.77. The SMILES string of the molecule is CC(N=O)C1CC[C@@](CO[C@H](C)c2cc(C(F)(F)F)cc(C(F)(F)F)c2)(c2ccccc2)NC1. The van der Waals surface area contributed by atoms with Crippen molar-refractivity contribution in [2.24, 2.45) is 11.1 Å². The monoisotopic (exact) mass is 488 g/mol. The molecule has 3 rings (SSSR count). The minimum atomic E-state index is -4.93. The fraction of sp³-hybridized carbons (Fsp3) is 0.500. The van der Waals surface area contributed by atoms with Gasteiger partial charge in [0.2, 0.25) is 0 Å². The summed E-state index contributed by atoms with van der Waals surface area (Å²) in [6.07, 6.45) is -9.66. The van der Waals surface area contributed by atoms with Crippen molar-refractivity contribution < 1.29 is 31.1 Å². The molecule has 2 aromatic carbocycles. The summed E-state index contributed by atoms with van der Waals surface area (Å²) in [6, 6.07) is 10.4. The maximum absolute atomic E-state index is 13.2. The molecular weight excluding hydrogens is 462 g/mol. The molecule has 1 N–H and O–H groups in total. The van der Waals surface area contributed by atoms with Crippen LogP contribution >= 0.6 is 0 Å². The molecule has 0 spiro atoms. The molecule has 1 heterocycles. The van der Waals surface area contributed by atoms with Gasteiger partial charge in [0.15, 0.2) is 0 Å². The maximum atomic E-state index is 13.2. The zero-order valence-corrected chi connectivity index (χ0v) is 18.7. The van der Waals surface area contributed by atoms with Crippen molar-refractivity contribution in [2.75, 3.05) is 13.2 Å². The van der Waals surface area contributed by atoms with Gasteiger partial charge in [-0.3, -0.25) is 0 Å². The van der Waals surface area contributed by atoms with E-state index in [-0.39, 0.29) is 30.2 Å². The van der Waals surface area contributed by atoms with Crippen LogP contribution in [0.2, 0.25) is 0 Å². The lowest BCUT2D eigenvalue weighted by Gasteiger charge is -2.42. The van der Waals surface area contributed by atoms with Crippen molar-refractivity contribution in [2.45, 2.75) is 56.7 Å². The van der Waals surface area contributed by atoms with Crippen molar-refractivity contribution in [3.05, 3.63) is 75.7 Å². The third kappa shape index (κ3) is 5.96. The highest BCUT2D eigenvalue weighted by Gasteiger charge is 2.40. The second kappa shape index (κ2) is 10.0. The van der Waals surface area contributed by atoms with Gasteiger partial charge in [0.25, 0.3) is 0 Å². The number of piperidine rings is 1. The number of nitroso groups, excluding NO2 is 1. The van der Waals surface area contributed by atoms with Gasteiger partial charge in [-0.25, -0.2) is 0 Å². The molecule has 10 heteroatoms. The van der Waals surface area contributed by atoms with Gasteiger partial charge >= 0.3 is 12.4 Å². The van der Waals surface area contributed by atoms with Crippen LogP contribution in [0.25, 0.3) is 0 Å². The van der Waals surface area contributed by atoms with Gasteiger partial charge in [-0.15, -0.1) is 0 Å². The number of nitrogens with zero attached hydrogens (tertiary/aromatic N) is 1. The molecule has 34 heavy (non-hydrogen) atoms. The van der Waals surface area contributed by atoms with Crippen LogP contribution in [0.4, 0.5) is 26.3 Å². The molecule has 0 aliphatic carbocycles. The molecule has 2 aromatic rings. The molecular formula is C24H26F6N2O2. The summed E-state index contributed by atoms with van der Waals surface area (Å²) in [5, 5.41) is 6.51. The maximum Gasteiger partial charge on any atom is 0.416 e. The number of hydrogen-bond donors (Lipinski definition) is 1. The van der Waals surface area contributed by atoms with E-state index in [2.05, 4.69) is 10.5 Å². The molecule has 0 bridgehead atoms. The van der Waals surface area contributed by atoms with Crippen LogP contribution in [0.1, 0.15) is 55.0 Å². The van der Waals surface area contributed by atoms with Crippen LogP contribution in [0, 0.1) is 10.8 Å². The number of halogens is 6. The normalized spacial score (nSPS) is 23.4. The standard InChI is InChI=1S/C24H26F6N2O2/c1-15(32-33)17-8-9-22(31-13-17,19-6-4-3-5-7-19)14-34-16(2)18-10-20(23(25,26)27)12-21(11-18)24(28,29)30/h3-7,10-12,15-17,31H,8-9,13-14H2,1-2H3/t15?,16-,17?,22-/m1/s1. The Bertz CT molecular complexity index is 937. The number of hydrogen-bond acceptors (Lipinski definition) is 4. The van der Waals surface area contributed by atoms with Gasteiger partial charge in [0.05, 0.1) is 35.4 Å². The van der Waals surface area contributed by atoms with Crippen LogP contribution in [0.3, 0.4) is 0 Å². The summed E-state index contributed by atoms with van der Waals surface area (Å²) >= 11 is 0. The van der Waals surface area contributed by atoms with E-state index >= 15 is 0 Å². The van der Waals surface area contributed by atoms with E-state index in [1.54, 1.807) is 6.92 Å². The van der Waals surface area contributed by atoms with Crippen LogP contribution in [0.5, 0.6) is 0 Å². The number of benzene rings is 2. The first kappa shape index (κ1) is 26.2. The largest absolute Gasteiger partial charge is 0.416 e. The molecule has 0 amide bonds. The number of nitrogens with one attached hydrogen (secondary N) is 1. The molecule has 1 fully saturated rings. The average molecular weight is 488 g/mol. The van der Waals surface area contributed by atoms with Gasteiger partial charge < -0.3 is 10.1 Å². The first-order chi connectivity index (χ1) is 15.9. The summed E-state index contributed by atoms with van der Waals surface area (Å²) in [5.41, 5.74) is -2.78. The van der Waals surface area contributed by atoms with Crippen molar-refractivity contribution in [1.82, 2.24) is 5.32 Å². The van der Waals surface area contributed by atoms with E-state index in [4.69, 9.17) is 4.74 Å². The lowest BCUT2D eigenvalue weighted by molar-refractivity contribution is -0.143. The number of alkyl halides is 6. The fourth-order valence-corrected chi connectivity index (χ4v) is 4.23. The highest BCUT2D eigenvalue weighted by molar-refractivity contribution is 5.35. The van der Waals surface area contributed by atoms with Crippen molar-refractivity contribution in [1.29, 1.82) is 0 Å². The zero-order valence-electron chi connectivity index (χ0n) is 18.7. The first-order valence-electron chi connectivity index (χ1n) is 10.9. The van der Waals surface area contributed by atoms with E-state index in [1.807, 2.05) is 30.3 Å². The summed E-state index contributed by atoms with van der Waals surface area (Å²) in [7, 11) is 0. The van der Waals surface area contributed by atoms with Crippen LogP contribution in [-0.4, -0.2) is 19.2 Å². The van der Waals surface area contributed by atoms with Gasteiger partial charge in [-0.1, -0.05) is 35.5 Å². The highest BCUT2D eigenvalue weighted by Crippen LogP contribution is 2.39. The lowest BCUT2D eigenvalue weighted by atomic mass is 9.78.